The van der Waals surface area contributed by atoms with Crippen molar-refractivity contribution in [3.05, 3.63) is 76.3 Å². The Bertz CT molecular complexity index is 1400. The Labute approximate surface area is 223 Å². The molecule has 1 aromatic heterocycles. The highest BCUT2D eigenvalue weighted by molar-refractivity contribution is 6.35. The van der Waals surface area contributed by atoms with Crippen LogP contribution >= 0.6 is 23.2 Å². The summed E-state index contributed by atoms with van der Waals surface area (Å²) in [6.45, 7) is 1.60. The number of halogens is 2. The molecule has 2 heterocycles. The van der Waals surface area contributed by atoms with Crippen LogP contribution in [0.4, 0.5) is 16.2 Å². The SMILES string of the molecule is O=C(Nc1cc(Cl)cc(Cl)c1)Nc1ccc(-c2ccc(C(=O)N3CCCCC3)cc2)c(-c2nn[nH]n2)c1. The van der Waals surface area contributed by atoms with Gasteiger partial charge in [-0.15, -0.1) is 10.2 Å². The quantitative estimate of drug-likeness (QED) is 0.285. The Morgan fingerprint density at radius 1 is 0.811 bits per heavy atom. The molecule has 5 rings (SSSR count). The minimum absolute atomic E-state index is 0.0520. The molecule has 0 bridgehead atoms. The van der Waals surface area contributed by atoms with Gasteiger partial charge in [-0.2, -0.15) is 5.21 Å². The first-order chi connectivity index (χ1) is 18.0. The fraction of sp³-hybridized carbons (Fsp3) is 0.192. The number of likely N-dealkylation sites (tertiary alicyclic amines) is 1. The number of hydrogen-bond acceptors (Lipinski definition) is 5. The number of aromatic amines is 1. The second kappa shape index (κ2) is 11.0. The smallest absolute Gasteiger partial charge is 0.323 e. The molecule has 0 saturated carbocycles. The van der Waals surface area contributed by atoms with E-state index >= 15 is 0 Å². The van der Waals surface area contributed by atoms with Crippen molar-refractivity contribution in [1.82, 2.24) is 25.5 Å². The van der Waals surface area contributed by atoms with Gasteiger partial charge in [0.25, 0.3) is 5.91 Å². The molecular weight excluding hydrogens is 513 g/mol. The van der Waals surface area contributed by atoms with Crippen molar-refractivity contribution in [3.8, 4) is 22.5 Å². The molecule has 9 nitrogen and oxygen atoms in total. The lowest BCUT2D eigenvalue weighted by molar-refractivity contribution is 0.0724. The lowest BCUT2D eigenvalue weighted by Crippen LogP contribution is -2.35. The number of carbonyl (C=O) groups excluding carboxylic acids is 2. The normalized spacial score (nSPS) is 13.3. The van der Waals surface area contributed by atoms with Crippen molar-refractivity contribution >= 4 is 46.5 Å². The number of amides is 3. The maximum absolute atomic E-state index is 12.8. The van der Waals surface area contributed by atoms with E-state index < -0.39 is 6.03 Å². The van der Waals surface area contributed by atoms with E-state index in [1.54, 1.807) is 30.3 Å². The van der Waals surface area contributed by atoms with Crippen LogP contribution in [0.15, 0.2) is 60.7 Å². The molecule has 1 fully saturated rings. The van der Waals surface area contributed by atoms with E-state index in [1.807, 2.05) is 35.2 Å². The Kier molecular flexibility index (Phi) is 7.34. The monoisotopic (exact) mass is 535 g/mol. The van der Waals surface area contributed by atoms with Crippen molar-refractivity contribution in [1.29, 1.82) is 0 Å². The number of H-pyrrole nitrogens is 1. The van der Waals surface area contributed by atoms with Crippen LogP contribution in [0.5, 0.6) is 0 Å². The number of benzene rings is 3. The first kappa shape index (κ1) is 24.7. The zero-order valence-electron chi connectivity index (χ0n) is 19.7. The summed E-state index contributed by atoms with van der Waals surface area (Å²) in [6, 6.07) is 17.2. The Morgan fingerprint density at radius 3 is 2.19 bits per heavy atom. The lowest BCUT2D eigenvalue weighted by Gasteiger charge is -2.26. The van der Waals surface area contributed by atoms with Gasteiger partial charge < -0.3 is 15.5 Å². The van der Waals surface area contributed by atoms with Gasteiger partial charge in [0, 0.05) is 45.6 Å². The summed E-state index contributed by atoms with van der Waals surface area (Å²) < 4.78 is 0. The molecule has 1 aliphatic heterocycles. The Hall–Kier alpha value is -3.95. The number of nitrogens with zero attached hydrogens (tertiary/aromatic N) is 4. The molecule has 0 unspecified atom stereocenters. The van der Waals surface area contributed by atoms with Gasteiger partial charge in [-0.05, 0) is 78.1 Å². The summed E-state index contributed by atoms with van der Waals surface area (Å²) in [6.07, 6.45) is 3.26. The van der Waals surface area contributed by atoms with Gasteiger partial charge in [-0.3, -0.25) is 4.79 Å². The van der Waals surface area contributed by atoms with Crippen molar-refractivity contribution in [2.75, 3.05) is 23.7 Å². The van der Waals surface area contributed by atoms with Crippen molar-refractivity contribution in [2.45, 2.75) is 19.3 Å². The second-order valence-electron chi connectivity index (χ2n) is 8.66. The van der Waals surface area contributed by atoms with Crippen molar-refractivity contribution in [3.63, 3.8) is 0 Å². The molecule has 1 saturated heterocycles. The molecule has 0 radical (unpaired) electrons. The molecule has 3 aromatic carbocycles. The van der Waals surface area contributed by atoms with E-state index in [0.29, 0.717) is 38.4 Å². The zero-order chi connectivity index (χ0) is 25.8. The number of piperidine rings is 1. The molecule has 4 aromatic rings. The first-order valence-electron chi connectivity index (χ1n) is 11.8. The van der Waals surface area contributed by atoms with Crippen LogP contribution in [0.25, 0.3) is 22.5 Å². The Balaban J connectivity index is 1.38. The highest BCUT2D eigenvalue weighted by Crippen LogP contribution is 2.33. The number of hydrogen-bond donors (Lipinski definition) is 3. The molecule has 0 atom stereocenters. The molecule has 0 spiro atoms. The van der Waals surface area contributed by atoms with Crippen LogP contribution in [-0.4, -0.2) is 50.6 Å². The summed E-state index contributed by atoms with van der Waals surface area (Å²) in [4.78, 5) is 27.4. The van der Waals surface area contributed by atoms with E-state index in [0.717, 1.165) is 37.1 Å². The highest BCUT2D eigenvalue weighted by Gasteiger charge is 2.19. The minimum Gasteiger partial charge on any atom is -0.339 e. The number of carbonyl (C=O) groups is 2. The van der Waals surface area contributed by atoms with Crippen LogP contribution in [0, 0.1) is 0 Å². The maximum Gasteiger partial charge on any atom is 0.323 e. The summed E-state index contributed by atoms with van der Waals surface area (Å²) in [5.74, 6) is 0.422. The van der Waals surface area contributed by atoms with Gasteiger partial charge in [0.15, 0.2) is 0 Å². The maximum atomic E-state index is 12.8. The molecule has 0 aliphatic carbocycles. The topological polar surface area (TPSA) is 116 Å². The molecular formula is C26H23Cl2N7O2. The predicted molar refractivity (Wildman–Crippen MR) is 144 cm³/mol. The third-order valence-electron chi connectivity index (χ3n) is 6.07. The number of anilines is 2. The van der Waals surface area contributed by atoms with Gasteiger partial charge in [0.1, 0.15) is 0 Å². The van der Waals surface area contributed by atoms with E-state index in [2.05, 4.69) is 31.3 Å². The standard InChI is InChI=1S/C26H23Cl2N7O2/c27-18-12-19(28)14-21(13-18)30-26(37)29-20-8-9-22(23(15-20)24-31-33-34-32-24)16-4-6-17(7-5-16)25(36)35-10-2-1-3-11-35/h4-9,12-15H,1-3,10-11H2,(H2,29,30,37)(H,31,32,33,34). The highest BCUT2D eigenvalue weighted by atomic mass is 35.5. The fourth-order valence-corrected chi connectivity index (χ4v) is 4.85. The van der Waals surface area contributed by atoms with Crippen LogP contribution in [-0.2, 0) is 0 Å². The van der Waals surface area contributed by atoms with Crippen molar-refractivity contribution < 1.29 is 9.59 Å². The predicted octanol–water partition coefficient (Wildman–Crippen LogP) is 6.11. The van der Waals surface area contributed by atoms with Gasteiger partial charge in [-0.1, -0.05) is 41.4 Å². The number of aromatic nitrogens is 4. The molecule has 37 heavy (non-hydrogen) atoms. The van der Waals surface area contributed by atoms with Crippen molar-refractivity contribution in [2.24, 2.45) is 0 Å². The van der Waals surface area contributed by atoms with Crippen LogP contribution in [0.1, 0.15) is 29.6 Å². The van der Waals surface area contributed by atoms with E-state index in [1.165, 1.54) is 6.42 Å². The molecule has 11 heteroatoms. The fourth-order valence-electron chi connectivity index (χ4n) is 4.33. The third-order valence-corrected chi connectivity index (χ3v) is 6.51. The average molecular weight is 536 g/mol. The zero-order valence-corrected chi connectivity index (χ0v) is 21.2. The van der Waals surface area contributed by atoms with E-state index in [-0.39, 0.29) is 5.91 Å². The van der Waals surface area contributed by atoms with Gasteiger partial charge >= 0.3 is 6.03 Å². The Morgan fingerprint density at radius 2 is 1.51 bits per heavy atom. The third kappa shape index (κ3) is 5.90. The molecule has 3 amide bonds. The number of tetrazole rings is 1. The van der Waals surface area contributed by atoms with Crippen LogP contribution in [0.2, 0.25) is 10.0 Å². The van der Waals surface area contributed by atoms with Gasteiger partial charge in [-0.25, -0.2) is 4.79 Å². The number of nitrogens with one attached hydrogen (secondary N) is 3. The summed E-state index contributed by atoms with van der Waals surface area (Å²) >= 11 is 12.0. The molecule has 3 N–H and O–H groups in total. The van der Waals surface area contributed by atoms with Gasteiger partial charge in [0.05, 0.1) is 0 Å². The number of rotatable bonds is 5. The average Bonchev–Trinajstić information content (AvgIpc) is 3.43. The summed E-state index contributed by atoms with van der Waals surface area (Å²) in [7, 11) is 0. The summed E-state index contributed by atoms with van der Waals surface area (Å²) in [5.41, 5.74) is 4.00. The lowest BCUT2D eigenvalue weighted by atomic mass is 9.97. The first-order valence-corrected chi connectivity index (χ1v) is 12.5. The minimum atomic E-state index is -0.467. The van der Waals surface area contributed by atoms with Gasteiger partial charge in [0.2, 0.25) is 5.82 Å². The van der Waals surface area contributed by atoms with E-state index in [4.69, 9.17) is 23.2 Å². The van der Waals surface area contributed by atoms with Crippen LogP contribution < -0.4 is 10.6 Å². The van der Waals surface area contributed by atoms with E-state index in [9.17, 15) is 9.59 Å². The molecule has 188 valence electrons. The number of urea groups is 1. The summed E-state index contributed by atoms with van der Waals surface area (Å²) in [5, 5.41) is 20.7. The largest absolute Gasteiger partial charge is 0.339 e. The second-order valence-corrected chi connectivity index (χ2v) is 9.54. The van der Waals surface area contributed by atoms with Crippen LogP contribution in [0.3, 0.4) is 0 Å². The molecule has 1 aliphatic rings.